The number of fused-ring (bicyclic) bond motifs is 1. The maximum Gasteiger partial charge on any atom is 0.289 e. The molecule has 27 heavy (non-hydrogen) atoms. The molecule has 0 bridgehead atoms. The van der Waals surface area contributed by atoms with E-state index in [0.29, 0.717) is 48.5 Å². The molecule has 9 heteroatoms. The van der Waals surface area contributed by atoms with Crippen molar-refractivity contribution in [1.82, 2.24) is 19.4 Å². The van der Waals surface area contributed by atoms with Crippen molar-refractivity contribution in [3.63, 3.8) is 0 Å². The molecular formula is C18H20N4O4S. The average Bonchev–Trinajstić information content (AvgIpc) is 3.31. The monoisotopic (exact) mass is 388 g/mol. The summed E-state index contributed by atoms with van der Waals surface area (Å²) in [6, 6.07) is 4.66. The molecule has 1 saturated heterocycles. The van der Waals surface area contributed by atoms with Gasteiger partial charge in [0.2, 0.25) is 5.91 Å². The molecule has 0 radical (unpaired) electrons. The van der Waals surface area contributed by atoms with Crippen molar-refractivity contribution in [2.45, 2.75) is 24.5 Å². The van der Waals surface area contributed by atoms with Gasteiger partial charge in [-0.3, -0.25) is 19.0 Å². The number of thioether (sulfide) groups is 1. The summed E-state index contributed by atoms with van der Waals surface area (Å²) in [6.45, 7) is 3.72. The Morgan fingerprint density at radius 2 is 2.00 bits per heavy atom. The number of carbonyl (C=O) groups excluding carboxylic acids is 2. The molecule has 2 aliphatic heterocycles. The number of rotatable bonds is 3. The van der Waals surface area contributed by atoms with Gasteiger partial charge in [0.05, 0.1) is 12.3 Å². The van der Waals surface area contributed by atoms with E-state index in [2.05, 4.69) is 4.98 Å². The second-order valence-electron chi connectivity index (χ2n) is 6.71. The van der Waals surface area contributed by atoms with Gasteiger partial charge in [-0.05, 0) is 19.1 Å². The number of piperazine rings is 1. The van der Waals surface area contributed by atoms with E-state index in [4.69, 9.17) is 4.42 Å². The van der Waals surface area contributed by atoms with Gasteiger partial charge in [-0.1, -0.05) is 11.8 Å². The van der Waals surface area contributed by atoms with E-state index in [-0.39, 0.29) is 29.8 Å². The standard InChI is InChI=1S/C18H20N4O4S/c1-12-9-16(24)22-13(11-27-18(22)19-12)10-15(23)20-4-6-21(7-5-20)17(25)14-3-2-8-26-14/h2-3,8-9,13H,4-7,10-11H2,1H3/t13-/m0/s1. The Hall–Kier alpha value is -2.55. The maximum atomic E-state index is 12.7. The highest BCUT2D eigenvalue weighted by Gasteiger charge is 2.31. The van der Waals surface area contributed by atoms with E-state index in [9.17, 15) is 14.4 Å². The van der Waals surface area contributed by atoms with Crippen molar-refractivity contribution >= 4 is 23.6 Å². The van der Waals surface area contributed by atoms with Crippen molar-refractivity contribution in [2.24, 2.45) is 0 Å². The first-order valence-corrected chi connectivity index (χ1v) is 9.85. The van der Waals surface area contributed by atoms with Crippen LogP contribution >= 0.6 is 11.8 Å². The third-order valence-electron chi connectivity index (χ3n) is 4.88. The highest BCUT2D eigenvalue weighted by Crippen LogP contribution is 2.32. The number of aryl methyl sites for hydroxylation is 1. The second kappa shape index (κ2) is 7.22. The lowest BCUT2D eigenvalue weighted by Crippen LogP contribution is -2.51. The summed E-state index contributed by atoms with van der Waals surface area (Å²) in [5.41, 5.74) is 0.595. The van der Waals surface area contributed by atoms with Crippen LogP contribution in [-0.4, -0.2) is 63.1 Å². The maximum absolute atomic E-state index is 12.7. The van der Waals surface area contributed by atoms with Gasteiger partial charge in [-0.2, -0.15) is 0 Å². The fourth-order valence-corrected chi connectivity index (χ4v) is 4.65. The number of hydrogen-bond acceptors (Lipinski definition) is 6. The predicted octanol–water partition coefficient (Wildman–Crippen LogP) is 1.17. The van der Waals surface area contributed by atoms with Crippen LogP contribution in [0.3, 0.4) is 0 Å². The third kappa shape index (κ3) is 3.51. The Labute approximate surface area is 160 Å². The molecule has 0 aromatic carbocycles. The van der Waals surface area contributed by atoms with Crippen LogP contribution in [0.15, 0.2) is 38.8 Å². The number of nitrogens with zero attached hydrogens (tertiary/aromatic N) is 4. The van der Waals surface area contributed by atoms with Crippen molar-refractivity contribution in [3.8, 4) is 0 Å². The minimum atomic E-state index is -0.166. The smallest absolute Gasteiger partial charge is 0.289 e. The van der Waals surface area contributed by atoms with E-state index < -0.39 is 0 Å². The Bertz CT molecular complexity index is 916. The zero-order valence-electron chi connectivity index (χ0n) is 15.0. The summed E-state index contributed by atoms with van der Waals surface area (Å²) in [5.74, 6) is 0.845. The van der Waals surface area contributed by atoms with Gasteiger partial charge in [0.1, 0.15) is 0 Å². The summed E-state index contributed by atoms with van der Waals surface area (Å²) in [4.78, 5) is 45.1. The minimum Gasteiger partial charge on any atom is -0.459 e. The Kier molecular flexibility index (Phi) is 4.77. The Morgan fingerprint density at radius 1 is 1.26 bits per heavy atom. The van der Waals surface area contributed by atoms with Crippen molar-refractivity contribution < 1.29 is 14.0 Å². The minimum absolute atomic E-state index is 0.00558. The molecule has 0 spiro atoms. The third-order valence-corrected chi connectivity index (χ3v) is 5.98. The molecule has 2 aromatic heterocycles. The summed E-state index contributed by atoms with van der Waals surface area (Å²) >= 11 is 1.51. The highest BCUT2D eigenvalue weighted by atomic mass is 32.2. The first-order chi connectivity index (χ1) is 13.0. The molecule has 4 rings (SSSR count). The molecular weight excluding hydrogens is 368 g/mol. The van der Waals surface area contributed by atoms with E-state index >= 15 is 0 Å². The predicted molar refractivity (Wildman–Crippen MR) is 98.8 cm³/mol. The Morgan fingerprint density at radius 3 is 2.70 bits per heavy atom. The van der Waals surface area contributed by atoms with Gasteiger partial charge in [0.15, 0.2) is 10.9 Å². The van der Waals surface area contributed by atoms with Crippen LogP contribution in [0, 0.1) is 6.92 Å². The van der Waals surface area contributed by atoms with Crippen molar-refractivity contribution in [2.75, 3.05) is 31.9 Å². The molecule has 2 aliphatic rings. The molecule has 1 fully saturated rings. The van der Waals surface area contributed by atoms with Crippen LogP contribution in [0.4, 0.5) is 0 Å². The van der Waals surface area contributed by atoms with Crippen LogP contribution in [0.1, 0.15) is 28.7 Å². The number of aromatic nitrogens is 2. The topological polar surface area (TPSA) is 88.7 Å². The molecule has 1 atom stereocenters. The number of hydrogen-bond donors (Lipinski definition) is 0. The molecule has 8 nitrogen and oxygen atoms in total. The first kappa shape index (κ1) is 17.8. The summed E-state index contributed by atoms with van der Waals surface area (Å²) in [5, 5.41) is 0.687. The van der Waals surface area contributed by atoms with Crippen LogP contribution in [0.2, 0.25) is 0 Å². The zero-order valence-corrected chi connectivity index (χ0v) is 15.8. The summed E-state index contributed by atoms with van der Waals surface area (Å²) in [6.07, 6.45) is 1.75. The van der Waals surface area contributed by atoms with Crippen molar-refractivity contribution in [3.05, 3.63) is 46.3 Å². The van der Waals surface area contributed by atoms with E-state index in [1.54, 1.807) is 33.4 Å². The van der Waals surface area contributed by atoms with E-state index in [0.717, 1.165) is 0 Å². The van der Waals surface area contributed by atoms with E-state index in [1.807, 2.05) is 0 Å². The first-order valence-electron chi connectivity index (χ1n) is 8.86. The van der Waals surface area contributed by atoms with Crippen LogP contribution in [-0.2, 0) is 4.79 Å². The largest absolute Gasteiger partial charge is 0.459 e. The van der Waals surface area contributed by atoms with Gasteiger partial charge in [-0.25, -0.2) is 4.98 Å². The van der Waals surface area contributed by atoms with Crippen molar-refractivity contribution in [1.29, 1.82) is 0 Å². The molecule has 0 N–H and O–H groups in total. The number of carbonyl (C=O) groups is 2. The van der Waals surface area contributed by atoms with Crippen LogP contribution in [0.25, 0.3) is 0 Å². The lowest BCUT2D eigenvalue weighted by atomic mass is 10.2. The number of amides is 2. The molecule has 2 amide bonds. The van der Waals surface area contributed by atoms with Crippen LogP contribution < -0.4 is 5.56 Å². The Balaban J connectivity index is 1.36. The summed E-state index contributed by atoms with van der Waals surface area (Å²) in [7, 11) is 0. The fraction of sp³-hybridized carbons (Fsp3) is 0.444. The second-order valence-corrected chi connectivity index (χ2v) is 7.69. The van der Waals surface area contributed by atoms with Crippen LogP contribution in [0.5, 0.6) is 0 Å². The molecule has 0 saturated carbocycles. The normalized spacial score (nSPS) is 19.2. The molecule has 2 aromatic rings. The molecule has 0 unspecified atom stereocenters. The summed E-state index contributed by atoms with van der Waals surface area (Å²) < 4.78 is 6.78. The lowest BCUT2D eigenvalue weighted by Gasteiger charge is -2.34. The van der Waals surface area contributed by atoms with Gasteiger partial charge < -0.3 is 14.2 Å². The fourth-order valence-electron chi connectivity index (χ4n) is 3.46. The number of furan rings is 1. The van der Waals surface area contributed by atoms with Gasteiger partial charge in [0.25, 0.3) is 11.5 Å². The SMILES string of the molecule is Cc1cc(=O)n2c(n1)SC[C@@H]2CC(=O)N1CCN(C(=O)c2ccco2)CC1. The molecule has 4 heterocycles. The van der Waals surface area contributed by atoms with Gasteiger partial charge >= 0.3 is 0 Å². The lowest BCUT2D eigenvalue weighted by molar-refractivity contribution is -0.133. The molecule has 142 valence electrons. The van der Waals surface area contributed by atoms with Gasteiger partial charge in [0, 0.05) is 50.1 Å². The average molecular weight is 388 g/mol. The zero-order chi connectivity index (χ0) is 19.0. The quantitative estimate of drug-likeness (QED) is 0.734. The highest BCUT2D eigenvalue weighted by molar-refractivity contribution is 7.99. The van der Waals surface area contributed by atoms with Gasteiger partial charge in [-0.15, -0.1) is 0 Å². The molecule has 0 aliphatic carbocycles. The van der Waals surface area contributed by atoms with E-state index in [1.165, 1.54) is 24.1 Å².